The summed E-state index contributed by atoms with van der Waals surface area (Å²) < 4.78 is 15.2. The number of anilines is 2. The lowest BCUT2D eigenvalue weighted by molar-refractivity contribution is -0.116. The van der Waals surface area contributed by atoms with Crippen LogP contribution in [0.15, 0.2) is 48.5 Å². The van der Waals surface area contributed by atoms with Crippen LogP contribution >= 0.6 is 0 Å². The molecule has 0 aliphatic carbocycles. The van der Waals surface area contributed by atoms with Gasteiger partial charge in [-0.2, -0.15) is 0 Å². The average molecular weight is 393 g/mol. The Labute approximate surface area is 169 Å². The van der Waals surface area contributed by atoms with Gasteiger partial charge in [0.05, 0.1) is 0 Å². The quantitative estimate of drug-likeness (QED) is 0.680. The number of fused-ring (bicyclic) bond motifs is 1. The molecular weight excluding hydrogens is 369 g/mol. The van der Waals surface area contributed by atoms with E-state index >= 15 is 0 Å². The van der Waals surface area contributed by atoms with Crippen molar-refractivity contribution in [2.24, 2.45) is 0 Å². The van der Waals surface area contributed by atoms with Crippen molar-refractivity contribution in [3.8, 4) is 11.4 Å². The smallest absolute Gasteiger partial charge is 0.246 e. The summed E-state index contributed by atoms with van der Waals surface area (Å²) in [5, 5.41) is 14.8. The first kappa shape index (κ1) is 19.1. The van der Waals surface area contributed by atoms with Crippen LogP contribution < -0.4 is 10.6 Å². The lowest BCUT2D eigenvalue weighted by Crippen LogP contribution is -2.31. The molecule has 1 aromatic heterocycles. The Kier molecular flexibility index (Phi) is 5.55. The third-order valence-corrected chi connectivity index (χ3v) is 5.12. The Morgan fingerprint density at radius 3 is 2.72 bits per heavy atom. The van der Waals surface area contributed by atoms with E-state index in [0.717, 1.165) is 48.7 Å². The van der Waals surface area contributed by atoms with Gasteiger partial charge in [-0.1, -0.05) is 18.6 Å². The first-order valence-electron chi connectivity index (χ1n) is 9.95. The van der Waals surface area contributed by atoms with Crippen molar-refractivity contribution in [3.63, 3.8) is 0 Å². The normalized spacial score (nSPS) is 14.6. The number of halogens is 1. The Bertz CT molecular complexity index is 999. The number of carbonyl (C=O) groups excluding carboxylic acids is 1. The molecule has 0 radical (unpaired) electrons. The number of hydrogen-bond acceptors (Lipinski definition) is 4. The van der Waals surface area contributed by atoms with Crippen molar-refractivity contribution >= 4 is 17.3 Å². The van der Waals surface area contributed by atoms with Crippen LogP contribution in [-0.2, 0) is 17.8 Å². The van der Waals surface area contributed by atoms with Gasteiger partial charge >= 0.3 is 0 Å². The lowest BCUT2D eigenvalue weighted by Gasteiger charge is -2.16. The van der Waals surface area contributed by atoms with Crippen LogP contribution in [0, 0.1) is 5.82 Å². The molecule has 0 spiro atoms. The van der Waals surface area contributed by atoms with Gasteiger partial charge < -0.3 is 15.2 Å². The number of aryl methyl sites for hydroxylation is 1. The van der Waals surface area contributed by atoms with E-state index in [1.54, 1.807) is 6.92 Å². The molecule has 150 valence electrons. The van der Waals surface area contributed by atoms with Crippen LogP contribution in [0.3, 0.4) is 0 Å². The lowest BCUT2D eigenvalue weighted by atomic mass is 10.1. The number of rotatable bonds is 5. The van der Waals surface area contributed by atoms with E-state index < -0.39 is 6.04 Å². The molecule has 2 aromatic carbocycles. The topological polar surface area (TPSA) is 71.8 Å². The predicted molar refractivity (Wildman–Crippen MR) is 111 cm³/mol. The summed E-state index contributed by atoms with van der Waals surface area (Å²) in [5.41, 5.74) is 2.36. The molecule has 7 heteroatoms. The second kappa shape index (κ2) is 8.43. The molecule has 29 heavy (non-hydrogen) atoms. The van der Waals surface area contributed by atoms with E-state index in [0.29, 0.717) is 5.69 Å². The van der Waals surface area contributed by atoms with Crippen molar-refractivity contribution in [1.29, 1.82) is 0 Å². The Morgan fingerprint density at radius 2 is 1.90 bits per heavy atom. The maximum Gasteiger partial charge on any atom is 0.246 e. The van der Waals surface area contributed by atoms with Crippen LogP contribution in [0.25, 0.3) is 11.4 Å². The molecule has 0 bridgehead atoms. The summed E-state index contributed by atoms with van der Waals surface area (Å²) in [6.45, 7) is 2.72. The summed E-state index contributed by atoms with van der Waals surface area (Å²) in [5.74, 6) is 1.38. The number of benzene rings is 2. The number of amides is 1. The fourth-order valence-electron chi connectivity index (χ4n) is 3.55. The van der Waals surface area contributed by atoms with Gasteiger partial charge in [0.1, 0.15) is 17.7 Å². The van der Waals surface area contributed by atoms with Crippen LogP contribution in [0.5, 0.6) is 0 Å². The monoisotopic (exact) mass is 393 g/mol. The fraction of sp³-hybridized carbons (Fsp3) is 0.318. The van der Waals surface area contributed by atoms with Gasteiger partial charge in [-0.15, -0.1) is 10.2 Å². The summed E-state index contributed by atoms with van der Waals surface area (Å²) >= 11 is 0. The molecule has 1 amide bonds. The summed E-state index contributed by atoms with van der Waals surface area (Å²) in [6, 6.07) is 13.1. The van der Waals surface area contributed by atoms with Gasteiger partial charge in [0.2, 0.25) is 5.91 Å². The van der Waals surface area contributed by atoms with Crippen LogP contribution in [-0.4, -0.2) is 26.7 Å². The first-order chi connectivity index (χ1) is 14.1. The van der Waals surface area contributed by atoms with Crippen molar-refractivity contribution in [2.45, 2.75) is 45.2 Å². The number of nitrogens with zero attached hydrogens (tertiary/aromatic N) is 3. The Balaban J connectivity index is 1.47. The van der Waals surface area contributed by atoms with Gasteiger partial charge in [0.15, 0.2) is 5.82 Å². The molecule has 0 saturated heterocycles. The standard InChI is InChI=1S/C22H24FN5O/c1-15(22(29)25-18-11-9-17(23)10-12-18)24-19-7-5-6-16(14-19)21-27-26-20-8-3-2-4-13-28(20)21/h5-7,9-12,14-15,24H,2-4,8,13H2,1H3,(H,25,29)/t15-/m1/s1. The van der Waals surface area contributed by atoms with Gasteiger partial charge in [0.25, 0.3) is 0 Å². The maximum absolute atomic E-state index is 13.0. The number of aromatic nitrogens is 3. The summed E-state index contributed by atoms with van der Waals surface area (Å²) in [6.07, 6.45) is 4.47. The minimum Gasteiger partial charge on any atom is -0.374 e. The Morgan fingerprint density at radius 1 is 1.07 bits per heavy atom. The van der Waals surface area contributed by atoms with Crippen molar-refractivity contribution in [3.05, 3.63) is 60.2 Å². The third kappa shape index (κ3) is 4.45. The van der Waals surface area contributed by atoms with E-state index in [9.17, 15) is 9.18 Å². The van der Waals surface area contributed by atoms with Crippen LogP contribution in [0.4, 0.5) is 15.8 Å². The minimum atomic E-state index is -0.467. The number of hydrogen-bond donors (Lipinski definition) is 2. The zero-order chi connectivity index (χ0) is 20.2. The zero-order valence-electron chi connectivity index (χ0n) is 16.4. The van der Waals surface area contributed by atoms with Gasteiger partial charge in [-0.3, -0.25) is 4.79 Å². The maximum atomic E-state index is 13.0. The second-order valence-corrected chi connectivity index (χ2v) is 7.35. The highest BCUT2D eigenvalue weighted by molar-refractivity contribution is 5.96. The van der Waals surface area contributed by atoms with E-state index in [1.165, 1.54) is 30.7 Å². The SMILES string of the molecule is C[C@@H](Nc1cccc(-c2nnc3n2CCCCC3)c1)C(=O)Nc1ccc(F)cc1. The molecule has 6 nitrogen and oxygen atoms in total. The van der Waals surface area contributed by atoms with Gasteiger partial charge in [0, 0.05) is 29.9 Å². The summed E-state index contributed by atoms with van der Waals surface area (Å²) in [4.78, 5) is 12.5. The largest absolute Gasteiger partial charge is 0.374 e. The highest BCUT2D eigenvalue weighted by Gasteiger charge is 2.17. The van der Waals surface area contributed by atoms with Crippen LogP contribution in [0.2, 0.25) is 0 Å². The van der Waals surface area contributed by atoms with E-state index in [1.807, 2.05) is 24.3 Å². The molecule has 4 rings (SSSR count). The molecule has 0 saturated carbocycles. The summed E-state index contributed by atoms with van der Waals surface area (Å²) in [7, 11) is 0. The minimum absolute atomic E-state index is 0.196. The van der Waals surface area contributed by atoms with Gasteiger partial charge in [-0.25, -0.2) is 4.39 Å². The van der Waals surface area contributed by atoms with Crippen LogP contribution in [0.1, 0.15) is 32.0 Å². The third-order valence-electron chi connectivity index (χ3n) is 5.12. The van der Waals surface area contributed by atoms with E-state index in [4.69, 9.17) is 0 Å². The second-order valence-electron chi connectivity index (χ2n) is 7.35. The highest BCUT2D eigenvalue weighted by Crippen LogP contribution is 2.25. The molecular formula is C22H24FN5O. The van der Waals surface area contributed by atoms with Crippen molar-refractivity contribution in [1.82, 2.24) is 14.8 Å². The number of nitrogens with one attached hydrogen (secondary N) is 2. The highest BCUT2D eigenvalue weighted by atomic mass is 19.1. The average Bonchev–Trinajstić information content (AvgIpc) is 2.98. The molecule has 1 aliphatic heterocycles. The molecule has 1 aliphatic rings. The predicted octanol–water partition coefficient (Wildman–Crippen LogP) is 4.25. The molecule has 2 N–H and O–H groups in total. The molecule has 2 heterocycles. The molecule has 3 aromatic rings. The van der Waals surface area contributed by atoms with Gasteiger partial charge in [-0.05, 0) is 56.2 Å². The fourth-order valence-corrected chi connectivity index (χ4v) is 3.55. The first-order valence-corrected chi connectivity index (χ1v) is 9.95. The van der Waals surface area contributed by atoms with Crippen molar-refractivity contribution in [2.75, 3.05) is 10.6 Å². The molecule has 1 atom stereocenters. The van der Waals surface area contributed by atoms with E-state index in [-0.39, 0.29) is 11.7 Å². The number of carbonyl (C=O) groups is 1. The molecule has 0 unspecified atom stereocenters. The molecule has 0 fully saturated rings. The zero-order valence-corrected chi connectivity index (χ0v) is 16.4. The Hall–Kier alpha value is -3.22. The van der Waals surface area contributed by atoms with E-state index in [2.05, 4.69) is 25.4 Å². The van der Waals surface area contributed by atoms with Crippen molar-refractivity contribution < 1.29 is 9.18 Å².